The highest BCUT2D eigenvalue weighted by atomic mass is 16.5. The van der Waals surface area contributed by atoms with Gasteiger partial charge in [-0.2, -0.15) is 0 Å². The molecular formula is C30H43N3O5. The second kappa shape index (κ2) is 11.3. The van der Waals surface area contributed by atoms with Crippen molar-refractivity contribution in [2.24, 2.45) is 11.8 Å². The number of amides is 3. The van der Waals surface area contributed by atoms with E-state index in [-0.39, 0.29) is 30.4 Å². The molecule has 1 saturated carbocycles. The lowest BCUT2D eigenvalue weighted by Crippen LogP contribution is -2.57. The summed E-state index contributed by atoms with van der Waals surface area (Å²) in [6.45, 7) is 2.63. The standard InChI is InChI=1S/C30H43N3O5/c1-2-29-17-18-30(38-29)24(23(29)26(35)31-21-13-7-5-8-14-21)28(37)33(19-11-3-4-12-20-34)25(30)27(36)32-22-15-9-6-10-16-22/h5,7-8,13-14,22-25,34H,2-4,6,9-12,15-20H2,1H3,(H,31,35)(H,32,36)/t23-,24-,25?,29+,30?/m0/s1. The minimum absolute atomic E-state index is 0.126. The molecule has 5 atom stereocenters. The zero-order chi connectivity index (χ0) is 26.8. The maximum atomic E-state index is 14.2. The van der Waals surface area contributed by atoms with Crippen LogP contribution in [0.1, 0.15) is 84.0 Å². The molecule has 3 aliphatic heterocycles. The quantitative estimate of drug-likeness (QED) is 0.381. The number of aliphatic hydroxyl groups excluding tert-OH is 1. The number of anilines is 1. The van der Waals surface area contributed by atoms with Crippen molar-refractivity contribution in [1.82, 2.24) is 10.2 Å². The van der Waals surface area contributed by atoms with Crippen LogP contribution < -0.4 is 10.6 Å². The van der Waals surface area contributed by atoms with E-state index in [9.17, 15) is 14.4 Å². The van der Waals surface area contributed by atoms with Gasteiger partial charge >= 0.3 is 0 Å². The number of ether oxygens (including phenoxy) is 1. The molecule has 3 saturated heterocycles. The van der Waals surface area contributed by atoms with Gasteiger partial charge in [-0.15, -0.1) is 0 Å². The molecule has 2 bridgehead atoms. The Morgan fingerprint density at radius 2 is 1.76 bits per heavy atom. The van der Waals surface area contributed by atoms with Crippen LogP contribution in [0.4, 0.5) is 5.69 Å². The molecule has 4 aliphatic rings. The molecule has 3 amide bonds. The van der Waals surface area contributed by atoms with E-state index in [1.54, 1.807) is 4.90 Å². The molecular weight excluding hydrogens is 482 g/mol. The van der Waals surface area contributed by atoms with E-state index in [2.05, 4.69) is 10.6 Å². The van der Waals surface area contributed by atoms with Crippen LogP contribution >= 0.6 is 0 Å². The highest BCUT2D eigenvalue weighted by Gasteiger charge is 2.78. The molecule has 208 valence electrons. The van der Waals surface area contributed by atoms with Crippen molar-refractivity contribution in [3.8, 4) is 0 Å². The van der Waals surface area contributed by atoms with Crippen LogP contribution in [-0.4, -0.2) is 64.2 Å². The first-order valence-corrected chi connectivity index (χ1v) is 14.7. The Kier molecular flexibility index (Phi) is 8.10. The van der Waals surface area contributed by atoms with E-state index >= 15 is 0 Å². The van der Waals surface area contributed by atoms with Gasteiger partial charge in [-0.1, -0.05) is 57.2 Å². The van der Waals surface area contributed by atoms with Crippen LogP contribution in [0.15, 0.2) is 30.3 Å². The number of hydrogen-bond acceptors (Lipinski definition) is 5. The number of unbranched alkanes of at least 4 members (excludes halogenated alkanes) is 3. The van der Waals surface area contributed by atoms with Crippen LogP contribution in [0.5, 0.6) is 0 Å². The molecule has 3 N–H and O–H groups in total. The Bertz CT molecular complexity index is 1010. The van der Waals surface area contributed by atoms with Crippen LogP contribution in [-0.2, 0) is 19.1 Å². The average molecular weight is 526 g/mol. The number of carbonyl (C=O) groups excluding carboxylic acids is 3. The smallest absolute Gasteiger partial charge is 0.246 e. The summed E-state index contributed by atoms with van der Waals surface area (Å²) in [7, 11) is 0. The summed E-state index contributed by atoms with van der Waals surface area (Å²) in [5.74, 6) is -1.76. The zero-order valence-electron chi connectivity index (χ0n) is 22.6. The SMILES string of the molecule is CC[C@]12CCC3(O1)C(C(=O)NC1CCCCC1)N(CCCCCCO)C(=O)[C@@H]3[C@H]2C(=O)Nc1ccccc1. The fourth-order valence-corrected chi connectivity index (χ4v) is 7.67. The van der Waals surface area contributed by atoms with E-state index in [0.29, 0.717) is 31.5 Å². The molecule has 0 radical (unpaired) electrons. The number of nitrogens with one attached hydrogen (secondary N) is 2. The summed E-state index contributed by atoms with van der Waals surface area (Å²) in [6.07, 6.45) is 10.5. The number of likely N-dealkylation sites (tertiary alicyclic amines) is 1. The lowest BCUT2D eigenvalue weighted by atomic mass is 9.65. The fourth-order valence-electron chi connectivity index (χ4n) is 7.67. The van der Waals surface area contributed by atoms with Gasteiger partial charge in [-0.05, 0) is 57.1 Å². The summed E-state index contributed by atoms with van der Waals surface area (Å²) in [5, 5.41) is 15.4. The molecule has 1 aromatic carbocycles. The third-order valence-corrected chi connectivity index (χ3v) is 9.51. The number of hydrogen-bond donors (Lipinski definition) is 3. The normalized spacial score (nSPS) is 32.4. The molecule has 1 aromatic rings. The highest BCUT2D eigenvalue weighted by Crippen LogP contribution is 2.64. The number of benzene rings is 1. The maximum absolute atomic E-state index is 14.2. The molecule has 38 heavy (non-hydrogen) atoms. The van der Waals surface area contributed by atoms with Crippen molar-refractivity contribution < 1.29 is 24.2 Å². The summed E-state index contributed by atoms with van der Waals surface area (Å²) < 4.78 is 6.84. The topological polar surface area (TPSA) is 108 Å². The van der Waals surface area contributed by atoms with Gasteiger partial charge in [0.25, 0.3) is 0 Å². The molecule has 4 fully saturated rings. The Balaban J connectivity index is 1.44. The Morgan fingerprint density at radius 3 is 2.47 bits per heavy atom. The van der Waals surface area contributed by atoms with E-state index in [1.165, 1.54) is 6.42 Å². The van der Waals surface area contributed by atoms with Crippen LogP contribution in [0, 0.1) is 11.8 Å². The number of aliphatic hydroxyl groups is 1. The van der Waals surface area contributed by atoms with Gasteiger partial charge in [0, 0.05) is 24.9 Å². The van der Waals surface area contributed by atoms with E-state index in [4.69, 9.17) is 9.84 Å². The van der Waals surface area contributed by atoms with Crippen molar-refractivity contribution in [2.45, 2.75) is 107 Å². The molecule has 2 unspecified atom stereocenters. The molecule has 1 aliphatic carbocycles. The van der Waals surface area contributed by atoms with Gasteiger partial charge in [0.1, 0.15) is 11.6 Å². The van der Waals surface area contributed by atoms with Gasteiger partial charge in [0.15, 0.2) is 0 Å². The molecule has 3 heterocycles. The third kappa shape index (κ3) is 4.75. The van der Waals surface area contributed by atoms with E-state index in [1.807, 2.05) is 37.3 Å². The van der Waals surface area contributed by atoms with Gasteiger partial charge in [-0.3, -0.25) is 14.4 Å². The summed E-state index contributed by atoms with van der Waals surface area (Å²) in [4.78, 5) is 43.7. The van der Waals surface area contributed by atoms with Crippen LogP contribution in [0.25, 0.3) is 0 Å². The molecule has 8 nitrogen and oxygen atoms in total. The lowest BCUT2D eigenvalue weighted by molar-refractivity contribution is -0.147. The Morgan fingerprint density at radius 1 is 1.03 bits per heavy atom. The first kappa shape index (κ1) is 27.1. The number of para-hydroxylation sites is 1. The fraction of sp³-hybridized carbons (Fsp3) is 0.700. The van der Waals surface area contributed by atoms with Gasteiger partial charge in [0.2, 0.25) is 17.7 Å². The Labute approximate surface area is 225 Å². The number of rotatable bonds is 11. The summed E-state index contributed by atoms with van der Waals surface area (Å²) in [6, 6.07) is 8.73. The highest BCUT2D eigenvalue weighted by molar-refractivity contribution is 6.02. The predicted molar refractivity (Wildman–Crippen MR) is 144 cm³/mol. The minimum atomic E-state index is -0.977. The maximum Gasteiger partial charge on any atom is 0.246 e. The number of carbonyl (C=O) groups is 3. The van der Waals surface area contributed by atoms with E-state index in [0.717, 1.165) is 51.4 Å². The summed E-state index contributed by atoms with van der Waals surface area (Å²) >= 11 is 0. The lowest BCUT2D eigenvalue weighted by Gasteiger charge is -2.35. The number of fused-ring (bicyclic) bond motifs is 1. The Hall–Kier alpha value is -2.45. The van der Waals surface area contributed by atoms with Crippen molar-refractivity contribution >= 4 is 23.4 Å². The number of nitrogens with zero attached hydrogens (tertiary/aromatic N) is 1. The minimum Gasteiger partial charge on any atom is -0.396 e. The van der Waals surface area contributed by atoms with Gasteiger partial charge in [0.05, 0.1) is 17.4 Å². The summed E-state index contributed by atoms with van der Waals surface area (Å²) in [5.41, 5.74) is -1.02. The van der Waals surface area contributed by atoms with Crippen molar-refractivity contribution in [3.63, 3.8) is 0 Å². The predicted octanol–water partition coefficient (Wildman–Crippen LogP) is 3.78. The van der Waals surface area contributed by atoms with Crippen LogP contribution in [0.3, 0.4) is 0 Å². The first-order valence-electron chi connectivity index (χ1n) is 14.7. The van der Waals surface area contributed by atoms with Crippen molar-refractivity contribution in [1.29, 1.82) is 0 Å². The molecule has 5 rings (SSSR count). The van der Waals surface area contributed by atoms with Crippen molar-refractivity contribution in [3.05, 3.63) is 30.3 Å². The largest absolute Gasteiger partial charge is 0.396 e. The first-order chi connectivity index (χ1) is 18.5. The van der Waals surface area contributed by atoms with Crippen LogP contribution in [0.2, 0.25) is 0 Å². The second-order valence-electron chi connectivity index (χ2n) is 11.7. The van der Waals surface area contributed by atoms with E-state index < -0.39 is 29.1 Å². The molecule has 1 spiro atoms. The van der Waals surface area contributed by atoms with Crippen molar-refractivity contribution in [2.75, 3.05) is 18.5 Å². The average Bonchev–Trinajstić information content (AvgIpc) is 3.53. The monoisotopic (exact) mass is 525 g/mol. The molecule has 0 aromatic heterocycles. The third-order valence-electron chi connectivity index (χ3n) is 9.51. The zero-order valence-corrected chi connectivity index (χ0v) is 22.6. The van der Waals surface area contributed by atoms with Gasteiger partial charge < -0.3 is 25.4 Å². The second-order valence-corrected chi connectivity index (χ2v) is 11.7. The van der Waals surface area contributed by atoms with Gasteiger partial charge in [-0.25, -0.2) is 0 Å². The molecule has 8 heteroatoms.